The van der Waals surface area contributed by atoms with Gasteiger partial charge in [-0.3, -0.25) is 24.4 Å². The molecule has 1 rings (SSSR count). The van der Waals surface area contributed by atoms with Crippen LogP contribution in [0.4, 0.5) is 0 Å². The van der Waals surface area contributed by atoms with E-state index in [1.807, 2.05) is 21.6 Å². The lowest BCUT2D eigenvalue weighted by atomic mass is 10.0. The molecule has 10 nitrogen and oxygen atoms in total. The molecule has 0 spiro atoms. The van der Waals surface area contributed by atoms with Crippen LogP contribution in [0.3, 0.4) is 0 Å². The summed E-state index contributed by atoms with van der Waals surface area (Å²) in [6.07, 6.45) is 73.2. The van der Waals surface area contributed by atoms with Crippen molar-refractivity contribution in [2.75, 3.05) is 96.6 Å². The van der Waals surface area contributed by atoms with Gasteiger partial charge in [0.25, 0.3) is 0 Å². The Labute approximate surface area is 579 Å². The molecule has 542 valence electrons. The average molecular weight is 1330 g/mol. The monoisotopic (exact) mass is 1330 g/mol. The Morgan fingerprint density at radius 2 is 0.674 bits per heavy atom. The van der Waals surface area contributed by atoms with Crippen LogP contribution in [0.25, 0.3) is 0 Å². The number of piperazine rings is 1. The highest BCUT2D eigenvalue weighted by molar-refractivity contribution is 8.76. The van der Waals surface area contributed by atoms with E-state index in [2.05, 4.69) is 95.9 Å². The number of hydrogen-bond acceptors (Lipinski definition) is 12. The van der Waals surface area contributed by atoms with Crippen molar-refractivity contribution in [2.45, 2.75) is 360 Å². The first-order chi connectivity index (χ1) is 45.2. The summed E-state index contributed by atoms with van der Waals surface area (Å²) in [7, 11) is 3.99. The molecule has 92 heavy (non-hydrogen) atoms. The SMILES string of the molecule is CCCCC/C=C\C/C=C\CCCCCCC(O)CN(CCCC(=O)OCCN1CCN(CCSSCCCCN(CC(O)CCCCCCCCCCCC)CC(O)CCCCCCCCCCCC)CC1)CC(O)CCCCCC/C=C\C/C=C\CCCCC. The minimum atomic E-state index is -0.439. The Hall–Kier alpha value is -1.19. The number of carbonyl (C=O) groups excluding carboxylic acids is 1. The maximum Gasteiger partial charge on any atom is 0.305 e. The maximum absolute atomic E-state index is 13.0. The second kappa shape index (κ2) is 71.1. The topological polar surface area (TPSA) is 120 Å². The van der Waals surface area contributed by atoms with Crippen LogP contribution >= 0.6 is 21.6 Å². The fraction of sp³-hybridized carbons (Fsp3) is 0.887. The lowest BCUT2D eigenvalue weighted by molar-refractivity contribution is -0.144. The van der Waals surface area contributed by atoms with E-state index in [4.69, 9.17) is 4.74 Å². The molecule has 4 atom stereocenters. The van der Waals surface area contributed by atoms with Gasteiger partial charge in [-0.1, -0.05) is 291 Å². The van der Waals surface area contributed by atoms with Gasteiger partial charge in [0.15, 0.2) is 0 Å². The minimum absolute atomic E-state index is 0.152. The molecule has 1 aliphatic heterocycles. The fourth-order valence-corrected chi connectivity index (χ4v) is 14.8. The van der Waals surface area contributed by atoms with Gasteiger partial charge in [0.2, 0.25) is 0 Å². The molecular weight excluding hydrogens is 1180 g/mol. The highest BCUT2D eigenvalue weighted by Gasteiger charge is 2.20. The molecule has 4 N–H and O–H groups in total. The van der Waals surface area contributed by atoms with Crippen molar-refractivity contribution in [1.29, 1.82) is 0 Å². The fourth-order valence-electron chi connectivity index (χ4n) is 12.7. The van der Waals surface area contributed by atoms with Gasteiger partial charge in [0.1, 0.15) is 6.61 Å². The summed E-state index contributed by atoms with van der Waals surface area (Å²) in [5.41, 5.74) is 0. The smallest absolute Gasteiger partial charge is 0.305 e. The van der Waals surface area contributed by atoms with Gasteiger partial charge in [-0.15, -0.1) is 0 Å². The van der Waals surface area contributed by atoms with Crippen molar-refractivity contribution in [3.05, 3.63) is 48.6 Å². The standard InChI is InChI=1S/C80H154N4O6S2/c1-5-9-13-17-21-25-29-31-33-35-39-43-47-51-58-78(87)74-84(75-79(88)59-52-48-44-40-36-34-32-30-26-22-18-14-10-6-2)62-55-60-80(89)90-69-67-81-63-65-82(66-64-81)68-71-92-91-70-54-53-61-83(72-76(85)56-49-45-41-37-27-23-19-15-11-7-3)73-77(86)57-50-46-42-38-28-24-20-16-12-8-4/h21-22,25-26,31-34,76-79,85-88H,5-20,23-24,27-30,35-75H2,1-4H3/b25-21-,26-22-,33-31-,34-32-. The number of nitrogens with zero attached hydrogens (tertiary/aromatic N) is 4. The van der Waals surface area contributed by atoms with E-state index in [-0.39, 0.29) is 18.2 Å². The Kier molecular flexibility index (Phi) is 68.6. The normalized spacial score (nSPS) is 15.1. The minimum Gasteiger partial charge on any atom is -0.464 e. The molecule has 4 unspecified atom stereocenters. The van der Waals surface area contributed by atoms with Crippen LogP contribution in [0, 0.1) is 0 Å². The largest absolute Gasteiger partial charge is 0.464 e. The van der Waals surface area contributed by atoms with E-state index in [1.165, 1.54) is 193 Å². The zero-order valence-corrected chi connectivity index (χ0v) is 62.8. The van der Waals surface area contributed by atoms with E-state index in [0.717, 1.165) is 160 Å². The number of rotatable bonds is 72. The van der Waals surface area contributed by atoms with Gasteiger partial charge in [-0.25, -0.2) is 0 Å². The number of hydrogen-bond donors (Lipinski definition) is 4. The summed E-state index contributed by atoms with van der Waals surface area (Å²) >= 11 is 0. The van der Waals surface area contributed by atoms with Crippen LogP contribution in [-0.4, -0.2) is 167 Å². The Balaban J connectivity index is 2.43. The third-order valence-corrected chi connectivity index (χ3v) is 21.1. The third-order valence-electron chi connectivity index (χ3n) is 18.7. The van der Waals surface area contributed by atoms with Crippen LogP contribution in [0.15, 0.2) is 48.6 Å². The molecule has 0 aromatic carbocycles. The lowest BCUT2D eigenvalue weighted by Crippen LogP contribution is -2.47. The van der Waals surface area contributed by atoms with Crippen molar-refractivity contribution in [2.24, 2.45) is 0 Å². The average Bonchev–Trinajstić information content (AvgIpc) is 3.05. The molecule has 1 saturated heterocycles. The molecule has 0 saturated carbocycles. The van der Waals surface area contributed by atoms with Crippen LogP contribution in [0.2, 0.25) is 0 Å². The van der Waals surface area contributed by atoms with Crippen molar-refractivity contribution < 1.29 is 30.0 Å². The Morgan fingerprint density at radius 1 is 0.370 bits per heavy atom. The van der Waals surface area contributed by atoms with E-state index >= 15 is 0 Å². The summed E-state index contributed by atoms with van der Waals surface area (Å²) in [4.78, 5) is 22.6. The van der Waals surface area contributed by atoms with Crippen LogP contribution in [-0.2, 0) is 9.53 Å². The van der Waals surface area contributed by atoms with Crippen molar-refractivity contribution >= 4 is 27.6 Å². The molecule has 0 aromatic heterocycles. The van der Waals surface area contributed by atoms with Crippen molar-refractivity contribution in [3.63, 3.8) is 0 Å². The van der Waals surface area contributed by atoms with Gasteiger partial charge in [0.05, 0.1) is 24.4 Å². The van der Waals surface area contributed by atoms with E-state index in [1.54, 1.807) is 0 Å². The van der Waals surface area contributed by atoms with Gasteiger partial charge in [-0.2, -0.15) is 0 Å². The molecule has 1 aliphatic rings. The molecule has 0 aromatic rings. The van der Waals surface area contributed by atoms with Gasteiger partial charge in [-0.05, 0) is 122 Å². The van der Waals surface area contributed by atoms with E-state index in [0.29, 0.717) is 52.2 Å². The summed E-state index contributed by atoms with van der Waals surface area (Å²) in [5.74, 6) is 2.10. The second-order valence-corrected chi connectivity index (χ2v) is 30.5. The molecule has 12 heteroatoms. The summed E-state index contributed by atoms with van der Waals surface area (Å²) in [6.45, 7) is 19.5. The highest BCUT2D eigenvalue weighted by Crippen LogP contribution is 2.24. The number of esters is 1. The Bertz CT molecular complexity index is 1550. The van der Waals surface area contributed by atoms with Gasteiger partial charge < -0.3 is 25.2 Å². The first-order valence-electron chi connectivity index (χ1n) is 39.8. The predicted molar refractivity (Wildman–Crippen MR) is 407 cm³/mol. The molecule has 0 aliphatic carbocycles. The first-order valence-corrected chi connectivity index (χ1v) is 42.3. The second-order valence-electron chi connectivity index (χ2n) is 27.8. The van der Waals surface area contributed by atoms with Crippen molar-refractivity contribution in [1.82, 2.24) is 19.6 Å². The molecule has 1 fully saturated rings. The molecule has 0 bridgehead atoms. The number of ether oxygens (including phenoxy) is 1. The number of aliphatic hydroxyl groups is 4. The summed E-state index contributed by atoms with van der Waals surface area (Å²) < 4.78 is 5.77. The zero-order chi connectivity index (χ0) is 66.5. The van der Waals surface area contributed by atoms with Crippen LogP contribution in [0.5, 0.6) is 0 Å². The molecule has 0 amide bonds. The van der Waals surface area contributed by atoms with Gasteiger partial charge in [0, 0.05) is 83.4 Å². The van der Waals surface area contributed by atoms with Gasteiger partial charge >= 0.3 is 5.97 Å². The quantitative estimate of drug-likeness (QED) is 0.0201. The van der Waals surface area contributed by atoms with E-state index < -0.39 is 12.2 Å². The number of allylic oxidation sites excluding steroid dienone is 8. The van der Waals surface area contributed by atoms with Crippen molar-refractivity contribution in [3.8, 4) is 0 Å². The number of carbonyl (C=O) groups is 1. The third kappa shape index (κ3) is 63.5. The first kappa shape index (κ1) is 88.8. The van der Waals surface area contributed by atoms with E-state index in [9.17, 15) is 25.2 Å². The predicted octanol–water partition coefficient (Wildman–Crippen LogP) is 20.6. The molecular formula is C80H154N4O6S2. The number of unbranched alkanes of at least 4 members (excludes halogenated alkanes) is 33. The summed E-state index contributed by atoms with van der Waals surface area (Å²) in [6, 6.07) is 0. The molecule has 0 radical (unpaired) electrons. The highest BCUT2D eigenvalue weighted by atomic mass is 33.1. The molecule has 1 heterocycles. The summed E-state index contributed by atoms with van der Waals surface area (Å²) in [5, 5.41) is 44.6. The maximum atomic E-state index is 13.0. The zero-order valence-electron chi connectivity index (χ0n) is 61.2. The Morgan fingerprint density at radius 3 is 1.05 bits per heavy atom. The van der Waals surface area contributed by atoms with Crippen LogP contribution < -0.4 is 0 Å². The lowest BCUT2D eigenvalue weighted by Gasteiger charge is -2.34. The number of aliphatic hydroxyl groups excluding tert-OH is 4. The van der Waals surface area contributed by atoms with Crippen LogP contribution in [0.1, 0.15) is 336 Å².